The van der Waals surface area contributed by atoms with E-state index in [0.717, 1.165) is 11.5 Å². The normalized spacial score (nSPS) is 12.8. The van der Waals surface area contributed by atoms with Crippen LogP contribution >= 0.6 is 0 Å². The van der Waals surface area contributed by atoms with Gasteiger partial charge in [0.2, 0.25) is 0 Å². The van der Waals surface area contributed by atoms with E-state index in [1.54, 1.807) is 38.3 Å². The molecule has 0 aliphatic heterocycles. The van der Waals surface area contributed by atoms with Gasteiger partial charge >= 0.3 is 0 Å². The van der Waals surface area contributed by atoms with Crippen LogP contribution in [-0.2, 0) is 4.79 Å². The smallest absolute Gasteiger partial charge is 0.261 e. The number of rotatable bonds is 8. The highest BCUT2D eigenvalue weighted by molar-refractivity contribution is 5.81. The van der Waals surface area contributed by atoms with Gasteiger partial charge in [0.1, 0.15) is 23.9 Å². The van der Waals surface area contributed by atoms with E-state index in [2.05, 4.69) is 5.32 Å². The molecule has 25 heavy (non-hydrogen) atoms. The molecule has 0 fully saturated rings. The first-order valence-corrected chi connectivity index (χ1v) is 8.28. The van der Waals surface area contributed by atoms with Gasteiger partial charge in [-0.2, -0.15) is 0 Å². The fourth-order valence-electron chi connectivity index (χ4n) is 2.17. The zero-order valence-corrected chi connectivity index (χ0v) is 15.1. The van der Waals surface area contributed by atoms with Crippen LogP contribution < -0.4 is 19.5 Å². The van der Waals surface area contributed by atoms with Crippen LogP contribution in [0.15, 0.2) is 48.5 Å². The fourth-order valence-corrected chi connectivity index (χ4v) is 2.17. The minimum Gasteiger partial charge on any atom is -0.497 e. The van der Waals surface area contributed by atoms with Gasteiger partial charge in [0.05, 0.1) is 13.2 Å². The summed E-state index contributed by atoms with van der Waals surface area (Å²) in [6, 6.07) is 14.8. The molecule has 2 atom stereocenters. The number of benzene rings is 2. The topological polar surface area (TPSA) is 56.8 Å². The Morgan fingerprint density at radius 3 is 2.12 bits per heavy atom. The Labute approximate surface area is 148 Å². The number of carbonyl (C=O) groups is 1. The molecular formula is C20H25NO4. The summed E-state index contributed by atoms with van der Waals surface area (Å²) < 4.78 is 16.4. The van der Waals surface area contributed by atoms with Crippen molar-refractivity contribution in [2.45, 2.75) is 32.9 Å². The Balaban J connectivity index is 1.77. The molecule has 0 aliphatic carbocycles. The van der Waals surface area contributed by atoms with Crippen molar-refractivity contribution in [1.29, 1.82) is 0 Å². The van der Waals surface area contributed by atoms with Crippen molar-refractivity contribution in [1.82, 2.24) is 5.32 Å². The van der Waals surface area contributed by atoms with E-state index in [1.807, 2.05) is 38.1 Å². The maximum absolute atomic E-state index is 12.2. The molecule has 0 unspecified atom stereocenters. The summed E-state index contributed by atoms with van der Waals surface area (Å²) in [6.07, 6.45) is -0.602. The van der Waals surface area contributed by atoms with Gasteiger partial charge in [-0.1, -0.05) is 17.7 Å². The van der Waals surface area contributed by atoms with Crippen molar-refractivity contribution in [3.8, 4) is 17.2 Å². The Morgan fingerprint density at radius 2 is 1.52 bits per heavy atom. The Morgan fingerprint density at radius 1 is 0.960 bits per heavy atom. The van der Waals surface area contributed by atoms with E-state index < -0.39 is 6.10 Å². The average molecular weight is 343 g/mol. The predicted octanol–water partition coefficient (Wildman–Crippen LogP) is 3.35. The largest absolute Gasteiger partial charge is 0.497 e. The van der Waals surface area contributed by atoms with Crippen molar-refractivity contribution in [2.75, 3.05) is 13.7 Å². The van der Waals surface area contributed by atoms with Crippen molar-refractivity contribution >= 4 is 5.91 Å². The van der Waals surface area contributed by atoms with Gasteiger partial charge in [-0.25, -0.2) is 0 Å². The van der Waals surface area contributed by atoms with Crippen LogP contribution in [-0.4, -0.2) is 31.8 Å². The predicted molar refractivity (Wildman–Crippen MR) is 97.4 cm³/mol. The average Bonchev–Trinajstić information content (AvgIpc) is 2.61. The lowest BCUT2D eigenvalue weighted by atomic mass is 10.2. The van der Waals surface area contributed by atoms with Gasteiger partial charge in [-0.15, -0.1) is 0 Å². The highest BCUT2D eigenvalue weighted by Gasteiger charge is 2.17. The number of methoxy groups -OCH3 is 1. The lowest BCUT2D eigenvalue weighted by molar-refractivity contribution is -0.128. The maximum Gasteiger partial charge on any atom is 0.261 e. The molecule has 0 radical (unpaired) electrons. The number of hydrogen-bond acceptors (Lipinski definition) is 4. The number of nitrogens with one attached hydrogen (secondary N) is 1. The molecule has 0 bridgehead atoms. The second-order valence-corrected chi connectivity index (χ2v) is 5.97. The van der Waals surface area contributed by atoms with Crippen LogP contribution in [0.2, 0.25) is 0 Å². The Hall–Kier alpha value is -2.69. The first kappa shape index (κ1) is 18.6. The van der Waals surface area contributed by atoms with Crippen LogP contribution in [0.4, 0.5) is 0 Å². The Kier molecular flexibility index (Phi) is 6.69. The zero-order valence-electron chi connectivity index (χ0n) is 15.1. The number of amides is 1. The van der Waals surface area contributed by atoms with Crippen LogP contribution in [0.25, 0.3) is 0 Å². The van der Waals surface area contributed by atoms with Gasteiger partial charge in [-0.3, -0.25) is 4.79 Å². The van der Waals surface area contributed by atoms with Crippen LogP contribution in [0, 0.1) is 6.92 Å². The molecule has 0 aliphatic rings. The van der Waals surface area contributed by atoms with E-state index in [4.69, 9.17) is 14.2 Å². The summed E-state index contributed by atoms with van der Waals surface area (Å²) in [5, 5.41) is 2.89. The molecule has 0 heterocycles. The summed E-state index contributed by atoms with van der Waals surface area (Å²) in [7, 11) is 1.60. The molecule has 2 rings (SSSR count). The van der Waals surface area contributed by atoms with Gasteiger partial charge < -0.3 is 19.5 Å². The second-order valence-electron chi connectivity index (χ2n) is 5.97. The molecule has 0 spiro atoms. The third-order valence-electron chi connectivity index (χ3n) is 3.65. The highest BCUT2D eigenvalue weighted by atomic mass is 16.5. The van der Waals surface area contributed by atoms with Gasteiger partial charge in [0.15, 0.2) is 6.10 Å². The molecule has 134 valence electrons. The summed E-state index contributed by atoms with van der Waals surface area (Å²) in [6.45, 7) is 6.03. The summed E-state index contributed by atoms with van der Waals surface area (Å²) >= 11 is 0. The van der Waals surface area contributed by atoms with E-state index >= 15 is 0 Å². The maximum atomic E-state index is 12.2. The first-order chi connectivity index (χ1) is 12.0. The molecule has 5 heteroatoms. The minimum absolute atomic E-state index is 0.129. The van der Waals surface area contributed by atoms with Crippen LogP contribution in [0.5, 0.6) is 17.2 Å². The lowest BCUT2D eigenvalue weighted by Gasteiger charge is -2.19. The second kappa shape index (κ2) is 8.97. The Bertz CT molecular complexity index is 667. The molecule has 1 N–H and O–H groups in total. The van der Waals surface area contributed by atoms with Crippen molar-refractivity contribution < 1.29 is 19.0 Å². The van der Waals surface area contributed by atoms with E-state index in [1.165, 1.54) is 5.56 Å². The molecule has 2 aromatic rings. The number of hydrogen-bond donors (Lipinski definition) is 1. The lowest BCUT2D eigenvalue weighted by Crippen LogP contribution is -2.43. The number of aryl methyl sites for hydroxylation is 1. The number of ether oxygens (including phenoxy) is 3. The van der Waals surface area contributed by atoms with Gasteiger partial charge in [0, 0.05) is 0 Å². The molecule has 1 amide bonds. The highest BCUT2D eigenvalue weighted by Crippen LogP contribution is 2.18. The van der Waals surface area contributed by atoms with Crippen molar-refractivity contribution in [3.63, 3.8) is 0 Å². The SMILES string of the molecule is COc1ccc(O[C@H](C)C(=O)N[C@@H](C)COc2ccc(C)cc2)cc1. The number of carbonyl (C=O) groups excluding carboxylic acids is 1. The summed E-state index contributed by atoms with van der Waals surface area (Å²) in [5.41, 5.74) is 1.18. The minimum atomic E-state index is -0.602. The van der Waals surface area contributed by atoms with E-state index in [9.17, 15) is 4.79 Å². The molecule has 0 aromatic heterocycles. The first-order valence-electron chi connectivity index (χ1n) is 8.28. The molecule has 5 nitrogen and oxygen atoms in total. The third kappa shape index (κ3) is 6.03. The third-order valence-corrected chi connectivity index (χ3v) is 3.65. The summed E-state index contributed by atoms with van der Waals surface area (Å²) in [4.78, 5) is 12.2. The molecule has 2 aromatic carbocycles. The van der Waals surface area contributed by atoms with Gasteiger partial charge in [0.25, 0.3) is 5.91 Å². The molecular weight excluding hydrogens is 318 g/mol. The standard InChI is InChI=1S/C20H25NO4/c1-14-5-7-18(8-6-14)24-13-15(2)21-20(22)16(3)25-19-11-9-17(23-4)10-12-19/h5-12,15-16H,13H2,1-4H3,(H,21,22)/t15-,16+/m0/s1. The molecule has 0 saturated carbocycles. The van der Waals surface area contributed by atoms with Gasteiger partial charge in [-0.05, 0) is 57.2 Å². The van der Waals surface area contributed by atoms with Crippen molar-refractivity contribution in [3.05, 3.63) is 54.1 Å². The fraction of sp³-hybridized carbons (Fsp3) is 0.350. The van der Waals surface area contributed by atoms with E-state index in [-0.39, 0.29) is 11.9 Å². The quantitative estimate of drug-likeness (QED) is 0.798. The van der Waals surface area contributed by atoms with Crippen LogP contribution in [0.1, 0.15) is 19.4 Å². The van der Waals surface area contributed by atoms with E-state index in [0.29, 0.717) is 12.4 Å². The zero-order chi connectivity index (χ0) is 18.2. The monoisotopic (exact) mass is 343 g/mol. The van der Waals surface area contributed by atoms with Crippen LogP contribution in [0.3, 0.4) is 0 Å². The summed E-state index contributed by atoms with van der Waals surface area (Å²) in [5.74, 6) is 1.96. The van der Waals surface area contributed by atoms with Crippen molar-refractivity contribution in [2.24, 2.45) is 0 Å². The molecule has 0 saturated heterocycles.